The molecule has 0 radical (unpaired) electrons. The largest absolute Gasteiger partial charge is 0.296 e. The first kappa shape index (κ1) is 9.72. The highest BCUT2D eigenvalue weighted by Crippen LogP contribution is 2.23. The maximum absolute atomic E-state index is 2.55. The lowest BCUT2D eigenvalue weighted by Gasteiger charge is -2.32. The molecule has 0 bridgehead atoms. The lowest BCUT2D eigenvalue weighted by Crippen LogP contribution is -2.36. The van der Waals surface area contributed by atoms with Gasteiger partial charge in [0, 0.05) is 19.1 Å². The van der Waals surface area contributed by atoms with E-state index in [1.54, 1.807) is 11.1 Å². The number of aryl methyl sites for hydroxylation is 1. The van der Waals surface area contributed by atoms with Crippen LogP contribution in [0.3, 0.4) is 0 Å². The van der Waals surface area contributed by atoms with Gasteiger partial charge in [-0.25, -0.2) is 0 Å². The van der Waals surface area contributed by atoms with Gasteiger partial charge in [0.05, 0.1) is 0 Å². The Morgan fingerprint density at radius 1 is 1.29 bits per heavy atom. The van der Waals surface area contributed by atoms with Crippen LogP contribution in [0.1, 0.15) is 30.5 Å². The summed E-state index contributed by atoms with van der Waals surface area (Å²) >= 11 is 0. The summed E-state index contributed by atoms with van der Waals surface area (Å²) in [6.45, 7) is 9.14. The molecule has 0 amide bonds. The van der Waals surface area contributed by atoms with Crippen molar-refractivity contribution in [3.63, 3.8) is 0 Å². The van der Waals surface area contributed by atoms with Crippen LogP contribution in [0.2, 0.25) is 0 Å². The molecule has 0 unspecified atom stereocenters. The van der Waals surface area contributed by atoms with Crippen molar-refractivity contribution in [1.29, 1.82) is 0 Å². The zero-order chi connectivity index (χ0) is 10.1. The number of hydrogen-bond acceptors (Lipinski definition) is 1. The van der Waals surface area contributed by atoms with Crippen LogP contribution in [0.4, 0.5) is 0 Å². The molecule has 0 atom stereocenters. The molecule has 1 heterocycles. The van der Waals surface area contributed by atoms with Crippen molar-refractivity contribution in [1.82, 2.24) is 4.90 Å². The molecule has 1 aromatic carbocycles. The second-order valence-corrected chi connectivity index (χ2v) is 4.53. The predicted octanol–water partition coefficient (Wildman–Crippen LogP) is 2.76. The van der Waals surface area contributed by atoms with E-state index in [1.807, 2.05) is 0 Å². The molecule has 0 saturated carbocycles. The molecule has 76 valence electrons. The maximum Gasteiger partial charge on any atom is 0.0241 e. The van der Waals surface area contributed by atoms with Crippen molar-refractivity contribution >= 4 is 0 Å². The van der Waals surface area contributed by atoms with E-state index in [4.69, 9.17) is 0 Å². The van der Waals surface area contributed by atoms with Crippen LogP contribution in [0, 0.1) is 6.92 Å². The Balaban J connectivity index is 2.29. The number of benzene rings is 1. The third-order valence-electron chi connectivity index (χ3n) is 3.27. The molecule has 1 heteroatoms. The van der Waals surface area contributed by atoms with Crippen molar-refractivity contribution < 1.29 is 0 Å². The summed E-state index contributed by atoms with van der Waals surface area (Å²) in [7, 11) is 0. The highest BCUT2D eigenvalue weighted by atomic mass is 15.1. The van der Waals surface area contributed by atoms with Gasteiger partial charge in [-0.3, -0.25) is 4.90 Å². The molecule has 0 saturated heterocycles. The number of fused-ring (bicyclic) bond motifs is 1. The summed E-state index contributed by atoms with van der Waals surface area (Å²) in [5, 5.41) is 0. The Labute approximate surface area is 86.7 Å². The van der Waals surface area contributed by atoms with E-state index >= 15 is 0 Å². The van der Waals surface area contributed by atoms with Crippen LogP contribution < -0.4 is 0 Å². The minimum atomic E-state index is 0.669. The molecule has 0 spiro atoms. The van der Waals surface area contributed by atoms with E-state index in [0.717, 1.165) is 6.54 Å². The normalized spacial score (nSPS) is 17.1. The maximum atomic E-state index is 2.55. The SMILES string of the molecule is Cc1cccc2c1CN(C(C)C)CC2. The van der Waals surface area contributed by atoms with Crippen molar-refractivity contribution in [3.8, 4) is 0 Å². The fourth-order valence-electron chi connectivity index (χ4n) is 2.21. The molecule has 2 rings (SSSR count). The van der Waals surface area contributed by atoms with Crippen LogP contribution in [-0.2, 0) is 13.0 Å². The monoisotopic (exact) mass is 189 g/mol. The highest BCUT2D eigenvalue weighted by molar-refractivity contribution is 5.36. The van der Waals surface area contributed by atoms with Gasteiger partial charge in [-0.2, -0.15) is 0 Å². The van der Waals surface area contributed by atoms with Crippen LogP contribution in [0.5, 0.6) is 0 Å². The molecule has 1 aliphatic heterocycles. The van der Waals surface area contributed by atoms with E-state index in [1.165, 1.54) is 18.5 Å². The molecule has 0 N–H and O–H groups in total. The minimum absolute atomic E-state index is 0.669. The van der Waals surface area contributed by atoms with E-state index < -0.39 is 0 Å². The van der Waals surface area contributed by atoms with Gasteiger partial charge in [-0.1, -0.05) is 18.2 Å². The fourth-order valence-corrected chi connectivity index (χ4v) is 2.21. The lowest BCUT2D eigenvalue weighted by atomic mass is 9.95. The summed E-state index contributed by atoms with van der Waals surface area (Å²) in [4.78, 5) is 2.55. The van der Waals surface area contributed by atoms with Gasteiger partial charge in [-0.15, -0.1) is 0 Å². The van der Waals surface area contributed by atoms with Gasteiger partial charge >= 0.3 is 0 Å². The molecule has 0 fully saturated rings. The minimum Gasteiger partial charge on any atom is -0.296 e. The van der Waals surface area contributed by atoms with Crippen molar-refractivity contribution in [3.05, 3.63) is 34.9 Å². The summed E-state index contributed by atoms with van der Waals surface area (Å²) < 4.78 is 0. The molecule has 1 nitrogen and oxygen atoms in total. The molecule has 14 heavy (non-hydrogen) atoms. The second kappa shape index (κ2) is 3.74. The van der Waals surface area contributed by atoms with Gasteiger partial charge in [0.2, 0.25) is 0 Å². The topological polar surface area (TPSA) is 3.24 Å². The smallest absolute Gasteiger partial charge is 0.0241 e. The third-order valence-corrected chi connectivity index (χ3v) is 3.27. The fraction of sp³-hybridized carbons (Fsp3) is 0.538. The summed E-state index contributed by atoms with van der Waals surface area (Å²) in [6, 6.07) is 7.35. The van der Waals surface area contributed by atoms with Crippen molar-refractivity contribution in [2.75, 3.05) is 6.54 Å². The number of nitrogens with zero attached hydrogens (tertiary/aromatic N) is 1. The summed E-state index contributed by atoms with van der Waals surface area (Å²) in [5.74, 6) is 0. The van der Waals surface area contributed by atoms with Gasteiger partial charge in [0.15, 0.2) is 0 Å². The van der Waals surface area contributed by atoms with Crippen LogP contribution >= 0.6 is 0 Å². The van der Waals surface area contributed by atoms with E-state index in [9.17, 15) is 0 Å². The molecule has 0 aliphatic carbocycles. The van der Waals surface area contributed by atoms with Gasteiger partial charge in [-0.05, 0) is 43.9 Å². The summed E-state index contributed by atoms with van der Waals surface area (Å²) in [5.41, 5.74) is 4.57. The number of hydrogen-bond donors (Lipinski definition) is 0. The van der Waals surface area contributed by atoms with Crippen LogP contribution in [0.25, 0.3) is 0 Å². The predicted molar refractivity (Wildman–Crippen MR) is 60.4 cm³/mol. The zero-order valence-electron chi connectivity index (χ0n) is 9.38. The summed E-state index contributed by atoms with van der Waals surface area (Å²) in [6.07, 6.45) is 1.22. The molecule has 0 aromatic heterocycles. The standard InChI is InChI=1S/C13H19N/c1-10(2)14-8-7-12-6-4-5-11(3)13(12)9-14/h4-6,10H,7-9H2,1-3H3. The van der Waals surface area contributed by atoms with Crippen molar-refractivity contribution in [2.24, 2.45) is 0 Å². The lowest BCUT2D eigenvalue weighted by molar-refractivity contribution is 0.203. The highest BCUT2D eigenvalue weighted by Gasteiger charge is 2.18. The molecular formula is C13H19N. The van der Waals surface area contributed by atoms with Crippen LogP contribution in [0.15, 0.2) is 18.2 Å². The van der Waals surface area contributed by atoms with Gasteiger partial charge < -0.3 is 0 Å². The average Bonchev–Trinajstić information content (AvgIpc) is 2.18. The van der Waals surface area contributed by atoms with Crippen LogP contribution in [-0.4, -0.2) is 17.5 Å². The van der Waals surface area contributed by atoms with Crippen molar-refractivity contribution in [2.45, 2.75) is 39.8 Å². The number of rotatable bonds is 1. The third kappa shape index (κ3) is 1.69. The van der Waals surface area contributed by atoms with Gasteiger partial charge in [0.25, 0.3) is 0 Å². The van der Waals surface area contributed by atoms with E-state index in [0.29, 0.717) is 6.04 Å². The Morgan fingerprint density at radius 3 is 2.79 bits per heavy atom. The second-order valence-electron chi connectivity index (χ2n) is 4.53. The van der Waals surface area contributed by atoms with Gasteiger partial charge in [0.1, 0.15) is 0 Å². The average molecular weight is 189 g/mol. The molecule has 1 aromatic rings. The quantitative estimate of drug-likeness (QED) is 0.656. The first-order valence-corrected chi connectivity index (χ1v) is 5.50. The first-order valence-electron chi connectivity index (χ1n) is 5.50. The Bertz CT molecular complexity index is 328. The van der Waals surface area contributed by atoms with E-state index in [-0.39, 0.29) is 0 Å². The molecular weight excluding hydrogens is 170 g/mol. The van der Waals surface area contributed by atoms with E-state index in [2.05, 4.69) is 43.9 Å². The first-order chi connectivity index (χ1) is 6.68. The Morgan fingerprint density at radius 2 is 2.07 bits per heavy atom. The Kier molecular flexibility index (Phi) is 2.60. The zero-order valence-corrected chi connectivity index (χ0v) is 9.38. The Hall–Kier alpha value is -0.820. The molecule has 1 aliphatic rings.